The van der Waals surface area contributed by atoms with Crippen LogP contribution in [0.5, 0.6) is 0 Å². The molecule has 1 aliphatic heterocycles. The third-order valence-corrected chi connectivity index (χ3v) is 5.19. The number of piperidine rings is 1. The van der Waals surface area contributed by atoms with Crippen LogP contribution in [0.4, 0.5) is 0 Å². The molecule has 130 valence electrons. The number of hydrogen-bond acceptors (Lipinski definition) is 4. The molecule has 0 spiro atoms. The van der Waals surface area contributed by atoms with Crippen LogP contribution in [-0.4, -0.2) is 42.9 Å². The fourth-order valence-corrected chi connectivity index (χ4v) is 3.73. The smallest absolute Gasteiger partial charge is 0.309 e. The number of ether oxygens (including phenoxy) is 1. The maximum Gasteiger partial charge on any atom is 0.309 e. The Morgan fingerprint density at radius 1 is 1.22 bits per heavy atom. The molecule has 1 aromatic carbocycles. The van der Waals surface area contributed by atoms with E-state index in [2.05, 4.69) is 35.2 Å². The average molecular weight is 358 g/mol. The van der Waals surface area contributed by atoms with Gasteiger partial charge in [-0.1, -0.05) is 18.2 Å². The SMILES string of the molecule is CCOC(=O)C1CCN(CCCCSc2ccccc2)CC1.Cl. The highest BCUT2D eigenvalue weighted by Gasteiger charge is 2.25. The van der Waals surface area contributed by atoms with E-state index in [4.69, 9.17) is 4.74 Å². The molecule has 0 aromatic heterocycles. The van der Waals surface area contributed by atoms with E-state index >= 15 is 0 Å². The molecule has 1 heterocycles. The second-order valence-electron chi connectivity index (χ2n) is 5.74. The molecule has 0 aliphatic carbocycles. The number of benzene rings is 1. The van der Waals surface area contributed by atoms with Gasteiger partial charge in [-0.3, -0.25) is 4.79 Å². The predicted molar refractivity (Wildman–Crippen MR) is 99.4 cm³/mol. The summed E-state index contributed by atoms with van der Waals surface area (Å²) >= 11 is 1.94. The first-order chi connectivity index (χ1) is 10.8. The zero-order valence-corrected chi connectivity index (χ0v) is 15.5. The largest absolute Gasteiger partial charge is 0.466 e. The van der Waals surface area contributed by atoms with Crippen LogP contribution in [0.15, 0.2) is 35.2 Å². The van der Waals surface area contributed by atoms with Gasteiger partial charge in [-0.25, -0.2) is 0 Å². The van der Waals surface area contributed by atoms with E-state index in [0.717, 1.165) is 32.5 Å². The van der Waals surface area contributed by atoms with Crippen molar-refractivity contribution in [2.45, 2.75) is 37.5 Å². The molecule has 0 unspecified atom stereocenters. The Balaban J connectivity index is 0.00000264. The Bertz CT molecular complexity index is 436. The summed E-state index contributed by atoms with van der Waals surface area (Å²) in [5.74, 6) is 1.31. The molecule has 0 bridgehead atoms. The van der Waals surface area contributed by atoms with Gasteiger partial charge in [0.25, 0.3) is 0 Å². The van der Waals surface area contributed by atoms with E-state index in [9.17, 15) is 4.79 Å². The van der Waals surface area contributed by atoms with Gasteiger partial charge >= 0.3 is 5.97 Å². The van der Waals surface area contributed by atoms with Gasteiger partial charge in [0.1, 0.15) is 0 Å². The summed E-state index contributed by atoms with van der Waals surface area (Å²) in [4.78, 5) is 15.5. The number of rotatable bonds is 8. The van der Waals surface area contributed by atoms with Gasteiger partial charge in [0.05, 0.1) is 12.5 Å². The van der Waals surface area contributed by atoms with Crippen LogP contribution in [0.1, 0.15) is 32.6 Å². The van der Waals surface area contributed by atoms with E-state index in [-0.39, 0.29) is 24.3 Å². The molecule has 1 saturated heterocycles. The lowest BCUT2D eigenvalue weighted by Gasteiger charge is -2.30. The first-order valence-electron chi connectivity index (χ1n) is 8.36. The Morgan fingerprint density at radius 3 is 2.57 bits per heavy atom. The summed E-state index contributed by atoms with van der Waals surface area (Å²) in [7, 11) is 0. The highest BCUT2D eigenvalue weighted by atomic mass is 35.5. The molecule has 0 saturated carbocycles. The lowest BCUT2D eigenvalue weighted by molar-refractivity contribution is -0.149. The summed E-state index contributed by atoms with van der Waals surface area (Å²) < 4.78 is 5.11. The van der Waals surface area contributed by atoms with Crippen molar-refractivity contribution in [3.63, 3.8) is 0 Å². The number of nitrogens with zero attached hydrogens (tertiary/aromatic N) is 1. The van der Waals surface area contributed by atoms with E-state index in [1.807, 2.05) is 18.7 Å². The first-order valence-corrected chi connectivity index (χ1v) is 9.35. The van der Waals surface area contributed by atoms with Crippen LogP contribution < -0.4 is 0 Å². The highest BCUT2D eigenvalue weighted by molar-refractivity contribution is 7.99. The summed E-state index contributed by atoms with van der Waals surface area (Å²) in [6, 6.07) is 10.6. The minimum absolute atomic E-state index is 0. The van der Waals surface area contributed by atoms with Gasteiger partial charge in [0, 0.05) is 4.90 Å². The van der Waals surface area contributed by atoms with Gasteiger partial charge in [-0.15, -0.1) is 24.2 Å². The van der Waals surface area contributed by atoms with Crippen molar-refractivity contribution in [3.8, 4) is 0 Å². The Kier molecular flexibility index (Phi) is 10.4. The maximum atomic E-state index is 11.7. The minimum atomic E-state index is 0. The summed E-state index contributed by atoms with van der Waals surface area (Å²) in [6.45, 7) is 5.61. The highest BCUT2D eigenvalue weighted by Crippen LogP contribution is 2.20. The van der Waals surface area contributed by atoms with Crippen LogP contribution in [0.25, 0.3) is 0 Å². The van der Waals surface area contributed by atoms with E-state index in [0.29, 0.717) is 6.61 Å². The lowest BCUT2D eigenvalue weighted by atomic mass is 9.97. The quantitative estimate of drug-likeness (QED) is 0.395. The predicted octanol–water partition coefficient (Wildman–Crippen LogP) is 4.26. The number of hydrogen-bond donors (Lipinski definition) is 0. The first kappa shape index (κ1) is 20.3. The summed E-state index contributed by atoms with van der Waals surface area (Å²) in [5.41, 5.74) is 0. The molecule has 1 aliphatic rings. The molecule has 0 N–H and O–H groups in total. The fourth-order valence-electron chi connectivity index (χ4n) is 2.80. The number of thioether (sulfide) groups is 1. The molecule has 1 fully saturated rings. The molecular formula is C18H28ClNO2S. The Morgan fingerprint density at radius 2 is 1.91 bits per heavy atom. The molecule has 2 rings (SSSR count). The maximum absolute atomic E-state index is 11.7. The van der Waals surface area contributed by atoms with Gasteiger partial charge in [-0.05, 0) is 70.1 Å². The van der Waals surface area contributed by atoms with E-state index < -0.39 is 0 Å². The lowest BCUT2D eigenvalue weighted by Crippen LogP contribution is -2.37. The van der Waals surface area contributed by atoms with Crippen molar-refractivity contribution < 1.29 is 9.53 Å². The molecule has 23 heavy (non-hydrogen) atoms. The van der Waals surface area contributed by atoms with Crippen LogP contribution >= 0.6 is 24.2 Å². The molecule has 5 heteroatoms. The van der Waals surface area contributed by atoms with E-state index in [1.165, 1.54) is 23.5 Å². The van der Waals surface area contributed by atoms with Gasteiger partial charge in [-0.2, -0.15) is 0 Å². The monoisotopic (exact) mass is 357 g/mol. The number of carbonyl (C=O) groups is 1. The molecule has 0 atom stereocenters. The Hall–Kier alpha value is -0.710. The number of esters is 1. The number of carbonyl (C=O) groups excluding carboxylic acids is 1. The normalized spacial score (nSPS) is 15.9. The van der Waals surface area contributed by atoms with Crippen molar-refractivity contribution in [2.24, 2.45) is 5.92 Å². The summed E-state index contributed by atoms with van der Waals surface area (Å²) in [6.07, 6.45) is 4.40. The van der Waals surface area contributed by atoms with Gasteiger partial charge in [0.15, 0.2) is 0 Å². The fraction of sp³-hybridized carbons (Fsp3) is 0.611. The van der Waals surface area contributed by atoms with Crippen LogP contribution in [0.2, 0.25) is 0 Å². The third-order valence-electron chi connectivity index (χ3n) is 4.09. The Labute approximate surface area is 150 Å². The van der Waals surface area contributed by atoms with Crippen molar-refractivity contribution >= 4 is 30.1 Å². The van der Waals surface area contributed by atoms with Crippen molar-refractivity contribution in [1.29, 1.82) is 0 Å². The minimum Gasteiger partial charge on any atom is -0.466 e. The average Bonchev–Trinajstić information content (AvgIpc) is 2.56. The third kappa shape index (κ3) is 7.60. The topological polar surface area (TPSA) is 29.5 Å². The van der Waals surface area contributed by atoms with Crippen LogP contribution in [0.3, 0.4) is 0 Å². The molecule has 0 radical (unpaired) electrons. The van der Waals surface area contributed by atoms with E-state index in [1.54, 1.807) is 0 Å². The molecule has 3 nitrogen and oxygen atoms in total. The van der Waals surface area contributed by atoms with Crippen molar-refractivity contribution in [3.05, 3.63) is 30.3 Å². The zero-order valence-electron chi connectivity index (χ0n) is 13.9. The van der Waals surface area contributed by atoms with Gasteiger partial charge < -0.3 is 9.64 Å². The second-order valence-corrected chi connectivity index (χ2v) is 6.90. The zero-order chi connectivity index (χ0) is 15.6. The number of unbranched alkanes of at least 4 members (excludes halogenated alkanes) is 1. The van der Waals surface area contributed by atoms with Crippen molar-refractivity contribution in [1.82, 2.24) is 4.90 Å². The number of likely N-dealkylation sites (tertiary alicyclic amines) is 1. The number of halogens is 1. The molecular weight excluding hydrogens is 330 g/mol. The molecule has 1 aromatic rings. The molecule has 0 amide bonds. The van der Waals surface area contributed by atoms with Gasteiger partial charge in [0.2, 0.25) is 0 Å². The van der Waals surface area contributed by atoms with Crippen LogP contribution in [0, 0.1) is 5.92 Å². The standard InChI is InChI=1S/C18H27NO2S.ClH/c1-2-21-18(20)16-10-13-19(14-11-16)12-6-7-15-22-17-8-4-3-5-9-17;/h3-5,8-9,16H,2,6-7,10-15H2,1H3;1H. The van der Waals surface area contributed by atoms with Crippen molar-refractivity contribution in [2.75, 3.05) is 32.0 Å². The summed E-state index contributed by atoms with van der Waals surface area (Å²) in [5, 5.41) is 0. The van der Waals surface area contributed by atoms with Crippen LogP contribution in [-0.2, 0) is 9.53 Å². The second kappa shape index (κ2) is 11.8.